The molecule has 0 radical (unpaired) electrons. The molecule has 3 heterocycles. The molecule has 5 aromatic rings. The van der Waals surface area contributed by atoms with Gasteiger partial charge < -0.3 is 15.0 Å². The number of nitrogens with zero attached hydrogens (tertiary/aromatic N) is 3. The first-order valence-corrected chi connectivity index (χ1v) is 8.96. The lowest BCUT2D eigenvalue weighted by Gasteiger charge is -2.05. The average molecular weight is 370 g/mol. The number of ether oxygens (including phenoxy) is 1. The van der Waals surface area contributed by atoms with Crippen LogP contribution in [-0.4, -0.2) is 32.3 Å². The van der Waals surface area contributed by atoms with E-state index < -0.39 is 0 Å². The van der Waals surface area contributed by atoms with Crippen molar-refractivity contribution in [2.75, 3.05) is 12.4 Å². The van der Waals surface area contributed by atoms with E-state index in [-0.39, 0.29) is 0 Å². The lowest BCUT2D eigenvalue weighted by Crippen LogP contribution is -2.00. The smallest absolute Gasteiger partial charge is 0.159 e. The van der Waals surface area contributed by atoms with Crippen molar-refractivity contribution in [3.63, 3.8) is 0 Å². The first-order chi connectivity index (χ1) is 13.8. The normalized spacial score (nSPS) is 11.2. The number of aromatic amines is 2. The molecular weight excluding hydrogens is 352 g/mol. The van der Waals surface area contributed by atoms with Gasteiger partial charge in [-0.3, -0.25) is 10.1 Å². The highest BCUT2D eigenvalue weighted by atomic mass is 16.5. The molecule has 28 heavy (non-hydrogen) atoms. The summed E-state index contributed by atoms with van der Waals surface area (Å²) in [6, 6.07) is 17.8. The van der Waals surface area contributed by atoms with Gasteiger partial charge >= 0.3 is 0 Å². The van der Waals surface area contributed by atoms with E-state index in [9.17, 15) is 0 Å². The predicted molar refractivity (Wildman–Crippen MR) is 109 cm³/mol. The summed E-state index contributed by atoms with van der Waals surface area (Å²) in [6.45, 7) is 0.664. The fourth-order valence-electron chi connectivity index (χ4n) is 3.23. The lowest BCUT2D eigenvalue weighted by atomic mass is 10.2. The van der Waals surface area contributed by atoms with Crippen LogP contribution in [-0.2, 0) is 6.54 Å². The van der Waals surface area contributed by atoms with Crippen LogP contribution in [0.2, 0.25) is 0 Å². The molecular formula is C21H18N6O. The van der Waals surface area contributed by atoms with E-state index >= 15 is 0 Å². The molecule has 0 saturated carbocycles. The molecule has 0 aliphatic carbocycles. The summed E-state index contributed by atoms with van der Waals surface area (Å²) in [5.41, 5.74) is 5.53. The molecule has 0 bridgehead atoms. The number of hydrogen-bond donors (Lipinski definition) is 3. The van der Waals surface area contributed by atoms with E-state index in [0.717, 1.165) is 50.6 Å². The predicted octanol–water partition coefficient (Wildman–Crippen LogP) is 4.12. The molecule has 0 amide bonds. The highest BCUT2D eigenvalue weighted by Crippen LogP contribution is 2.29. The first kappa shape index (κ1) is 16.3. The van der Waals surface area contributed by atoms with Crippen molar-refractivity contribution in [2.24, 2.45) is 0 Å². The molecule has 138 valence electrons. The fourth-order valence-corrected chi connectivity index (χ4v) is 3.23. The van der Waals surface area contributed by atoms with Crippen molar-refractivity contribution in [1.82, 2.24) is 25.1 Å². The van der Waals surface area contributed by atoms with E-state index in [4.69, 9.17) is 9.72 Å². The van der Waals surface area contributed by atoms with Gasteiger partial charge in [-0.15, -0.1) is 0 Å². The molecule has 3 aromatic heterocycles. The fraction of sp³-hybridized carbons (Fsp3) is 0.0952. The SMILES string of the molecule is COc1ccc2[nH]nc(-c3nc4ccc(NCc5ccccn5)cc4[nH]3)c2c1. The van der Waals surface area contributed by atoms with Crippen LogP contribution in [0, 0.1) is 0 Å². The molecule has 0 unspecified atom stereocenters. The molecule has 7 nitrogen and oxygen atoms in total. The van der Waals surface area contributed by atoms with Crippen LogP contribution in [0.25, 0.3) is 33.5 Å². The van der Waals surface area contributed by atoms with Gasteiger partial charge in [0.2, 0.25) is 0 Å². The van der Waals surface area contributed by atoms with E-state index in [1.165, 1.54) is 0 Å². The van der Waals surface area contributed by atoms with Gasteiger partial charge in [0.05, 0.1) is 35.9 Å². The molecule has 0 aliphatic rings. The number of nitrogens with one attached hydrogen (secondary N) is 3. The monoisotopic (exact) mass is 370 g/mol. The number of aromatic nitrogens is 5. The Balaban J connectivity index is 1.47. The van der Waals surface area contributed by atoms with Gasteiger partial charge in [-0.25, -0.2) is 4.98 Å². The molecule has 3 N–H and O–H groups in total. The number of H-pyrrole nitrogens is 2. The average Bonchev–Trinajstić information content (AvgIpc) is 3.35. The van der Waals surface area contributed by atoms with Crippen LogP contribution in [0.15, 0.2) is 60.8 Å². The molecule has 0 saturated heterocycles. The van der Waals surface area contributed by atoms with Crippen LogP contribution in [0.4, 0.5) is 5.69 Å². The van der Waals surface area contributed by atoms with Crippen LogP contribution < -0.4 is 10.1 Å². The minimum absolute atomic E-state index is 0.664. The highest BCUT2D eigenvalue weighted by molar-refractivity contribution is 5.94. The minimum atomic E-state index is 0.664. The number of anilines is 1. The van der Waals surface area contributed by atoms with Crippen LogP contribution in [0.1, 0.15) is 5.69 Å². The van der Waals surface area contributed by atoms with Crippen LogP contribution >= 0.6 is 0 Å². The topological polar surface area (TPSA) is 91.5 Å². The van der Waals surface area contributed by atoms with Crippen LogP contribution in [0.3, 0.4) is 0 Å². The molecule has 2 aromatic carbocycles. The number of fused-ring (bicyclic) bond motifs is 2. The van der Waals surface area contributed by atoms with Crippen molar-refractivity contribution >= 4 is 27.6 Å². The van der Waals surface area contributed by atoms with Crippen molar-refractivity contribution in [3.05, 3.63) is 66.5 Å². The third-order valence-corrected chi connectivity index (χ3v) is 4.68. The van der Waals surface area contributed by atoms with Crippen molar-refractivity contribution in [1.29, 1.82) is 0 Å². The Morgan fingerprint density at radius 1 is 1.04 bits per heavy atom. The Bertz CT molecular complexity index is 1260. The minimum Gasteiger partial charge on any atom is -0.497 e. The highest BCUT2D eigenvalue weighted by Gasteiger charge is 2.13. The van der Waals surface area contributed by atoms with Gasteiger partial charge in [0.1, 0.15) is 11.4 Å². The third kappa shape index (κ3) is 2.92. The Kier molecular flexibility index (Phi) is 3.90. The zero-order valence-corrected chi connectivity index (χ0v) is 15.2. The quantitative estimate of drug-likeness (QED) is 0.433. The van der Waals surface area contributed by atoms with Gasteiger partial charge in [-0.2, -0.15) is 5.10 Å². The van der Waals surface area contributed by atoms with Gasteiger partial charge in [0.25, 0.3) is 0 Å². The summed E-state index contributed by atoms with van der Waals surface area (Å²) in [7, 11) is 1.65. The first-order valence-electron chi connectivity index (χ1n) is 8.96. The Labute approximate surface area is 160 Å². The number of pyridine rings is 1. The maximum atomic E-state index is 5.33. The zero-order valence-electron chi connectivity index (χ0n) is 15.2. The second-order valence-corrected chi connectivity index (χ2v) is 6.48. The molecule has 7 heteroatoms. The second-order valence-electron chi connectivity index (χ2n) is 6.48. The van der Waals surface area contributed by atoms with Crippen molar-refractivity contribution in [2.45, 2.75) is 6.54 Å². The van der Waals surface area contributed by atoms with Gasteiger partial charge in [0, 0.05) is 17.3 Å². The summed E-state index contributed by atoms with van der Waals surface area (Å²) in [5.74, 6) is 1.50. The summed E-state index contributed by atoms with van der Waals surface area (Å²) >= 11 is 0. The molecule has 0 atom stereocenters. The lowest BCUT2D eigenvalue weighted by molar-refractivity contribution is 0.415. The van der Waals surface area contributed by atoms with Gasteiger partial charge in [0.15, 0.2) is 5.82 Å². The maximum absolute atomic E-state index is 5.33. The Morgan fingerprint density at radius 2 is 2.00 bits per heavy atom. The largest absolute Gasteiger partial charge is 0.497 e. The number of imidazole rings is 1. The molecule has 0 aliphatic heterocycles. The number of methoxy groups -OCH3 is 1. The van der Waals surface area contributed by atoms with E-state index in [0.29, 0.717) is 6.54 Å². The zero-order chi connectivity index (χ0) is 18.9. The molecule has 0 spiro atoms. The third-order valence-electron chi connectivity index (χ3n) is 4.68. The van der Waals surface area contributed by atoms with E-state index in [1.807, 2.05) is 54.6 Å². The van der Waals surface area contributed by atoms with E-state index in [2.05, 4.69) is 25.5 Å². The van der Waals surface area contributed by atoms with Gasteiger partial charge in [-0.1, -0.05) is 6.07 Å². The summed E-state index contributed by atoms with van der Waals surface area (Å²) in [6.07, 6.45) is 1.80. The van der Waals surface area contributed by atoms with E-state index in [1.54, 1.807) is 13.3 Å². The standard InChI is InChI=1S/C21H18N6O/c1-28-15-6-8-17-16(11-15)20(27-26-17)21-24-18-7-5-13(10-19(18)25-21)23-12-14-4-2-3-9-22-14/h2-11,23H,12H2,1H3,(H,24,25)(H,26,27). The summed E-state index contributed by atoms with van der Waals surface area (Å²) in [4.78, 5) is 12.4. The summed E-state index contributed by atoms with van der Waals surface area (Å²) in [5, 5.41) is 11.8. The maximum Gasteiger partial charge on any atom is 0.159 e. The molecule has 5 rings (SSSR count). The number of benzene rings is 2. The molecule has 0 fully saturated rings. The Morgan fingerprint density at radius 3 is 2.86 bits per heavy atom. The number of rotatable bonds is 5. The van der Waals surface area contributed by atoms with Crippen LogP contribution in [0.5, 0.6) is 5.75 Å². The van der Waals surface area contributed by atoms with Gasteiger partial charge in [-0.05, 0) is 48.5 Å². The second kappa shape index (κ2) is 6.70. The van der Waals surface area contributed by atoms with Crippen molar-refractivity contribution in [3.8, 4) is 17.3 Å². The summed E-state index contributed by atoms with van der Waals surface area (Å²) < 4.78 is 5.33. The number of hydrogen-bond acceptors (Lipinski definition) is 5. The Hall–Kier alpha value is -3.87. The van der Waals surface area contributed by atoms with Crippen molar-refractivity contribution < 1.29 is 4.74 Å².